The molecule has 2 aromatic heterocycles. The Morgan fingerprint density at radius 2 is 2.27 bits per heavy atom. The van der Waals surface area contributed by atoms with Crippen molar-refractivity contribution in [2.75, 3.05) is 36.9 Å². The van der Waals surface area contributed by atoms with Gasteiger partial charge in [-0.1, -0.05) is 11.6 Å². The van der Waals surface area contributed by atoms with E-state index < -0.39 is 6.17 Å². The molecule has 8 nitrogen and oxygen atoms in total. The van der Waals surface area contributed by atoms with Gasteiger partial charge in [-0.3, -0.25) is 4.68 Å². The summed E-state index contributed by atoms with van der Waals surface area (Å²) in [6, 6.07) is -0.314. The summed E-state index contributed by atoms with van der Waals surface area (Å²) in [5, 5.41) is 14.4. The number of rotatable bonds is 1. The molecule has 0 aromatic carbocycles. The van der Waals surface area contributed by atoms with Crippen molar-refractivity contribution in [3.8, 4) is 5.88 Å². The summed E-state index contributed by atoms with van der Waals surface area (Å²) in [6.07, 6.45) is 1.97. The van der Waals surface area contributed by atoms with Crippen molar-refractivity contribution in [3.05, 3.63) is 16.9 Å². The molecule has 2 bridgehead atoms. The fourth-order valence-electron chi connectivity index (χ4n) is 3.25. The Kier molecular flexibility index (Phi) is 4.82. The highest BCUT2D eigenvalue weighted by Crippen LogP contribution is 2.35. The minimum absolute atomic E-state index is 0.314. The predicted molar refractivity (Wildman–Crippen MR) is 97.3 cm³/mol. The van der Waals surface area contributed by atoms with Gasteiger partial charge in [0.05, 0.1) is 24.5 Å². The SMILES string of the molecule is Cc1c2c(nn1C1CCNCC1F)OCCCNc1nc(ncc1Cl)N2. The maximum Gasteiger partial charge on any atom is 0.257 e. The van der Waals surface area contributed by atoms with E-state index in [0.29, 0.717) is 54.5 Å². The Morgan fingerprint density at radius 3 is 3.12 bits per heavy atom. The average molecular weight is 382 g/mol. The van der Waals surface area contributed by atoms with Crippen LogP contribution in [0, 0.1) is 6.92 Å². The molecular formula is C16H21ClFN7O. The minimum Gasteiger partial charge on any atom is -0.475 e. The van der Waals surface area contributed by atoms with Crippen molar-refractivity contribution >= 4 is 29.1 Å². The second-order valence-electron chi connectivity index (χ2n) is 6.43. The molecule has 0 amide bonds. The standard InChI is InChI=1S/C16H21ClFN7O/c1-9-13-15(24-25(9)12-3-5-19-8-11(12)18)26-6-2-4-20-14-10(17)7-21-16(22-13)23-14/h7,11-12,19H,2-6,8H2,1H3,(H2,20,21,22,23). The molecule has 140 valence electrons. The number of aromatic nitrogens is 4. The lowest BCUT2D eigenvalue weighted by Gasteiger charge is -2.27. The van der Waals surface area contributed by atoms with Crippen molar-refractivity contribution in [2.45, 2.75) is 32.0 Å². The van der Waals surface area contributed by atoms with Crippen LogP contribution in [0.15, 0.2) is 6.20 Å². The zero-order valence-electron chi connectivity index (χ0n) is 14.4. The molecule has 2 aliphatic heterocycles. The highest BCUT2D eigenvalue weighted by atomic mass is 35.5. The smallest absolute Gasteiger partial charge is 0.257 e. The average Bonchev–Trinajstić information content (AvgIpc) is 2.92. The van der Waals surface area contributed by atoms with Gasteiger partial charge in [-0.05, 0) is 26.3 Å². The first-order valence-corrected chi connectivity index (χ1v) is 9.11. The van der Waals surface area contributed by atoms with E-state index in [-0.39, 0.29) is 6.04 Å². The van der Waals surface area contributed by atoms with Crippen LogP contribution in [0.3, 0.4) is 0 Å². The summed E-state index contributed by atoms with van der Waals surface area (Å²) in [5.41, 5.74) is 1.45. The number of nitrogens with one attached hydrogen (secondary N) is 3. The maximum absolute atomic E-state index is 14.4. The van der Waals surface area contributed by atoms with Crippen molar-refractivity contribution in [1.29, 1.82) is 0 Å². The Bertz CT molecular complexity index is 799. The first-order valence-electron chi connectivity index (χ1n) is 8.73. The largest absolute Gasteiger partial charge is 0.475 e. The number of ether oxygens (including phenoxy) is 1. The molecule has 0 radical (unpaired) electrons. The van der Waals surface area contributed by atoms with Crippen LogP contribution in [0.25, 0.3) is 0 Å². The molecule has 4 heterocycles. The Morgan fingerprint density at radius 1 is 1.38 bits per heavy atom. The van der Waals surface area contributed by atoms with Gasteiger partial charge >= 0.3 is 0 Å². The van der Waals surface area contributed by atoms with Gasteiger partial charge in [-0.25, -0.2) is 9.37 Å². The van der Waals surface area contributed by atoms with Gasteiger partial charge in [0.25, 0.3) is 5.88 Å². The molecule has 0 saturated carbocycles. The Balaban J connectivity index is 1.72. The first kappa shape index (κ1) is 17.3. The van der Waals surface area contributed by atoms with Crippen LogP contribution in [0.2, 0.25) is 5.02 Å². The quantitative estimate of drug-likeness (QED) is 0.699. The van der Waals surface area contributed by atoms with Gasteiger partial charge in [0.2, 0.25) is 5.95 Å². The molecule has 0 spiro atoms. The molecule has 1 saturated heterocycles. The maximum atomic E-state index is 14.4. The third-order valence-electron chi connectivity index (χ3n) is 4.64. The summed E-state index contributed by atoms with van der Waals surface area (Å²) in [7, 11) is 0. The Labute approximate surface area is 155 Å². The fraction of sp³-hybridized carbons (Fsp3) is 0.562. The van der Waals surface area contributed by atoms with E-state index in [1.54, 1.807) is 10.9 Å². The zero-order valence-corrected chi connectivity index (χ0v) is 15.2. The predicted octanol–water partition coefficient (Wildman–Crippen LogP) is 2.45. The molecule has 0 aliphatic carbocycles. The van der Waals surface area contributed by atoms with Crippen molar-refractivity contribution in [2.24, 2.45) is 0 Å². The summed E-state index contributed by atoms with van der Waals surface area (Å²) in [4.78, 5) is 8.63. The number of piperidine rings is 1. The van der Waals surface area contributed by atoms with Crippen LogP contribution < -0.4 is 20.7 Å². The van der Waals surface area contributed by atoms with E-state index in [4.69, 9.17) is 16.3 Å². The van der Waals surface area contributed by atoms with Gasteiger partial charge in [0, 0.05) is 13.1 Å². The zero-order chi connectivity index (χ0) is 18.1. The molecule has 4 rings (SSSR count). The number of nitrogens with zero attached hydrogens (tertiary/aromatic N) is 4. The van der Waals surface area contributed by atoms with Crippen LogP contribution in [-0.4, -0.2) is 52.2 Å². The molecule has 1 fully saturated rings. The molecular weight excluding hydrogens is 361 g/mol. The van der Waals surface area contributed by atoms with E-state index in [2.05, 4.69) is 31.0 Å². The monoisotopic (exact) mass is 381 g/mol. The Hall–Kier alpha value is -2.13. The summed E-state index contributed by atoms with van der Waals surface area (Å²) < 4.78 is 22.0. The van der Waals surface area contributed by atoms with Gasteiger partial charge in [-0.2, -0.15) is 4.98 Å². The number of fused-ring (bicyclic) bond motifs is 3. The number of hydrogen-bond donors (Lipinski definition) is 3. The van der Waals surface area contributed by atoms with Crippen molar-refractivity contribution in [3.63, 3.8) is 0 Å². The number of alkyl halides is 1. The first-order chi connectivity index (χ1) is 12.6. The van der Waals surface area contributed by atoms with Crippen molar-refractivity contribution in [1.82, 2.24) is 25.1 Å². The molecule has 26 heavy (non-hydrogen) atoms. The summed E-state index contributed by atoms with van der Waals surface area (Å²) in [5.74, 6) is 1.39. The summed E-state index contributed by atoms with van der Waals surface area (Å²) >= 11 is 6.13. The number of hydrogen-bond acceptors (Lipinski definition) is 7. The van der Waals surface area contributed by atoms with Crippen LogP contribution in [0.4, 0.5) is 21.8 Å². The lowest BCUT2D eigenvalue weighted by molar-refractivity contribution is 0.168. The number of halogens is 2. The molecule has 2 unspecified atom stereocenters. The normalized spacial score (nSPS) is 23.0. The van der Waals surface area contributed by atoms with Gasteiger partial charge in [-0.15, -0.1) is 5.10 Å². The fourth-order valence-corrected chi connectivity index (χ4v) is 3.41. The lowest BCUT2D eigenvalue weighted by Crippen LogP contribution is -2.39. The minimum atomic E-state index is -0.996. The van der Waals surface area contributed by atoms with E-state index in [0.717, 1.165) is 18.7 Å². The van der Waals surface area contributed by atoms with Crippen LogP contribution in [-0.2, 0) is 0 Å². The molecule has 2 aromatic rings. The van der Waals surface area contributed by atoms with E-state index >= 15 is 0 Å². The highest BCUT2D eigenvalue weighted by molar-refractivity contribution is 6.32. The molecule has 10 heteroatoms. The van der Waals surface area contributed by atoms with Crippen LogP contribution >= 0.6 is 11.6 Å². The third kappa shape index (κ3) is 3.28. The van der Waals surface area contributed by atoms with Gasteiger partial charge in [0.1, 0.15) is 16.9 Å². The van der Waals surface area contributed by atoms with Gasteiger partial charge < -0.3 is 20.7 Å². The lowest BCUT2D eigenvalue weighted by atomic mass is 10.1. The topological polar surface area (TPSA) is 88.9 Å². The van der Waals surface area contributed by atoms with Crippen LogP contribution in [0.5, 0.6) is 5.88 Å². The number of anilines is 3. The second-order valence-corrected chi connectivity index (χ2v) is 6.84. The summed E-state index contributed by atoms with van der Waals surface area (Å²) in [6.45, 7) is 4.12. The second kappa shape index (κ2) is 7.24. The van der Waals surface area contributed by atoms with E-state index in [1.807, 2.05) is 6.92 Å². The van der Waals surface area contributed by atoms with Crippen LogP contribution in [0.1, 0.15) is 24.6 Å². The molecule has 2 aliphatic rings. The molecule has 2 atom stereocenters. The van der Waals surface area contributed by atoms with E-state index in [9.17, 15) is 4.39 Å². The van der Waals surface area contributed by atoms with E-state index in [1.165, 1.54) is 0 Å². The third-order valence-corrected chi connectivity index (χ3v) is 4.92. The highest BCUT2D eigenvalue weighted by Gasteiger charge is 2.30. The molecule has 3 N–H and O–H groups in total. The van der Waals surface area contributed by atoms with Gasteiger partial charge in [0.15, 0.2) is 5.82 Å². The van der Waals surface area contributed by atoms with Crippen molar-refractivity contribution < 1.29 is 9.13 Å².